The number of fused-ring (bicyclic) bond motifs is 1. The summed E-state index contributed by atoms with van der Waals surface area (Å²) in [6, 6.07) is 7.26. The maximum absolute atomic E-state index is 12.3. The minimum Gasteiger partial charge on any atom is -0.370 e. The fourth-order valence-corrected chi connectivity index (χ4v) is 3.91. The summed E-state index contributed by atoms with van der Waals surface area (Å²) < 4.78 is 1.97. The van der Waals surface area contributed by atoms with Gasteiger partial charge in [0.2, 0.25) is 5.91 Å². The Morgan fingerprint density at radius 3 is 2.89 bits per heavy atom. The monoisotopic (exact) mass is 384 g/mol. The van der Waals surface area contributed by atoms with E-state index in [0.29, 0.717) is 34.3 Å². The molecule has 3 N–H and O–H groups in total. The van der Waals surface area contributed by atoms with Crippen molar-refractivity contribution in [2.24, 2.45) is 5.73 Å². The van der Waals surface area contributed by atoms with Gasteiger partial charge in [-0.1, -0.05) is 23.9 Å². The van der Waals surface area contributed by atoms with Gasteiger partial charge in [0.05, 0.1) is 16.2 Å². The average Bonchev–Trinajstić information content (AvgIpc) is 3.41. The third kappa shape index (κ3) is 3.73. The van der Waals surface area contributed by atoms with E-state index in [1.165, 1.54) is 11.8 Å². The number of rotatable bonds is 7. The second-order valence-electron chi connectivity index (χ2n) is 6.71. The quantitative estimate of drug-likeness (QED) is 0.602. The lowest BCUT2D eigenvalue weighted by atomic mass is 10.2. The van der Waals surface area contributed by atoms with Crippen LogP contribution < -0.4 is 11.3 Å². The smallest absolute Gasteiger partial charge is 0.258 e. The summed E-state index contributed by atoms with van der Waals surface area (Å²) in [5.41, 5.74) is 5.82. The molecule has 27 heavy (non-hydrogen) atoms. The van der Waals surface area contributed by atoms with Crippen molar-refractivity contribution in [2.45, 2.75) is 49.1 Å². The van der Waals surface area contributed by atoms with Crippen molar-refractivity contribution in [3.05, 3.63) is 46.3 Å². The summed E-state index contributed by atoms with van der Waals surface area (Å²) in [6.45, 7) is 2.42. The zero-order valence-electron chi connectivity index (χ0n) is 14.9. The number of carbonyl (C=O) groups is 1. The lowest BCUT2D eigenvalue weighted by Gasteiger charge is -2.13. The van der Waals surface area contributed by atoms with Gasteiger partial charge in [0.1, 0.15) is 11.6 Å². The van der Waals surface area contributed by atoms with Crippen LogP contribution in [0.15, 0.2) is 34.2 Å². The maximum Gasteiger partial charge on any atom is 0.258 e. The molecule has 1 aliphatic carbocycles. The largest absolute Gasteiger partial charge is 0.370 e. The van der Waals surface area contributed by atoms with Crippen LogP contribution in [-0.2, 0) is 11.3 Å². The van der Waals surface area contributed by atoms with Crippen LogP contribution in [0.5, 0.6) is 0 Å². The van der Waals surface area contributed by atoms with Gasteiger partial charge in [0.15, 0.2) is 5.16 Å². The molecule has 1 amide bonds. The number of thioether (sulfide) groups is 1. The minimum absolute atomic E-state index is 0.133. The molecule has 9 heteroatoms. The molecule has 0 radical (unpaired) electrons. The molecule has 1 fully saturated rings. The number of hydrogen-bond donors (Lipinski definition) is 2. The predicted octanol–water partition coefficient (Wildman–Crippen LogP) is 2.12. The minimum atomic E-state index is -0.352. The Morgan fingerprint density at radius 1 is 1.37 bits per heavy atom. The Labute approximate surface area is 159 Å². The second kappa shape index (κ2) is 7.15. The maximum atomic E-state index is 12.3. The first-order valence-electron chi connectivity index (χ1n) is 8.90. The Bertz CT molecular complexity index is 1060. The highest BCUT2D eigenvalue weighted by Gasteiger charge is 2.31. The van der Waals surface area contributed by atoms with Crippen molar-refractivity contribution in [3.63, 3.8) is 0 Å². The van der Waals surface area contributed by atoms with E-state index in [1.54, 1.807) is 6.07 Å². The second-order valence-corrected chi connectivity index (χ2v) is 8.02. The zero-order chi connectivity index (χ0) is 19.0. The zero-order valence-corrected chi connectivity index (χ0v) is 15.7. The number of aromatic nitrogens is 5. The van der Waals surface area contributed by atoms with Gasteiger partial charge in [-0.3, -0.25) is 9.59 Å². The first-order valence-corrected chi connectivity index (χ1v) is 9.78. The number of H-pyrrole nitrogens is 1. The summed E-state index contributed by atoms with van der Waals surface area (Å²) in [5, 5.41) is 9.77. The van der Waals surface area contributed by atoms with Gasteiger partial charge in [-0.15, -0.1) is 10.2 Å². The molecule has 0 aliphatic heterocycles. The molecule has 4 rings (SSSR count). The number of nitrogens with zero attached hydrogens (tertiary/aromatic N) is 4. The van der Waals surface area contributed by atoms with E-state index in [4.69, 9.17) is 5.73 Å². The lowest BCUT2D eigenvalue weighted by molar-refractivity contribution is -0.118. The Kier molecular flexibility index (Phi) is 4.69. The van der Waals surface area contributed by atoms with Gasteiger partial charge in [-0.25, -0.2) is 4.98 Å². The fourth-order valence-electron chi connectivity index (χ4n) is 2.97. The SMILES string of the molecule is CC(Sc1nnc(C2CC2)n1CCC(N)=O)c1nc2ccccc2c(=O)[nH]1. The van der Waals surface area contributed by atoms with Crippen LogP contribution in [0.3, 0.4) is 0 Å². The molecule has 140 valence electrons. The molecular weight excluding hydrogens is 364 g/mol. The van der Waals surface area contributed by atoms with E-state index in [9.17, 15) is 9.59 Å². The normalized spacial score (nSPS) is 15.1. The molecule has 0 spiro atoms. The highest BCUT2D eigenvalue weighted by Crippen LogP contribution is 2.41. The number of hydrogen-bond acceptors (Lipinski definition) is 6. The lowest BCUT2D eigenvalue weighted by Crippen LogP contribution is -2.16. The number of carbonyl (C=O) groups excluding carboxylic acids is 1. The van der Waals surface area contributed by atoms with Crippen LogP contribution in [0, 0.1) is 0 Å². The summed E-state index contributed by atoms with van der Waals surface area (Å²) in [7, 11) is 0. The molecule has 1 saturated carbocycles. The van der Waals surface area contributed by atoms with Gasteiger partial charge in [-0.05, 0) is 31.9 Å². The standard InChI is InChI=1S/C18H20N6O2S/c1-10(15-20-13-5-3-2-4-12(13)17(26)21-15)27-18-23-22-16(11-6-7-11)24(18)9-8-14(19)25/h2-5,10-11H,6-9H2,1H3,(H2,19,25)(H,20,21,26). The van der Waals surface area contributed by atoms with Crippen molar-refractivity contribution < 1.29 is 4.79 Å². The average molecular weight is 384 g/mol. The molecule has 0 bridgehead atoms. The van der Waals surface area contributed by atoms with Crippen LogP contribution in [0.4, 0.5) is 0 Å². The van der Waals surface area contributed by atoms with Crippen LogP contribution in [0.2, 0.25) is 0 Å². The third-order valence-corrected chi connectivity index (χ3v) is 5.66. The summed E-state index contributed by atoms with van der Waals surface area (Å²) in [6.07, 6.45) is 2.42. The number of primary amides is 1. The molecule has 2 heterocycles. The van der Waals surface area contributed by atoms with Crippen molar-refractivity contribution in [1.29, 1.82) is 0 Å². The number of aromatic amines is 1. The van der Waals surface area contributed by atoms with E-state index >= 15 is 0 Å². The number of nitrogens with one attached hydrogen (secondary N) is 1. The Balaban J connectivity index is 1.62. The first-order chi connectivity index (χ1) is 13.0. The van der Waals surface area contributed by atoms with Crippen molar-refractivity contribution in [1.82, 2.24) is 24.7 Å². The van der Waals surface area contributed by atoms with Gasteiger partial charge >= 0.3 is 0 Å². The van der Waals surface area contributed by atoms with Crippen molar-refractivity contribution in [2.75, 3.05) is 0 Å². The summed E-state index contributed by atoms with van der Waals surface area (Å²) in [4.78, 5) is 31.0. The van der Waals surface area contributed by atoms with Gasteiger partial charge < -0.3 is 15.3 Å². The van der Waals surface area contributed by atoms with E-state index in [0.717, 1.165) is 18.7 Å². The van der Waals surface area contributed by atoms with Crippen LogP contribution in [0.1, 0.15) is 49.0 Å². The predicted molar refractivity (Wildman–Crippen MR) is 102 cm³/mol. The molecule has 2 aromatic heterocycles. The third-order valence-electron chi connectivity index (χ3n) is 4.57. The molecule has 3 aromatic rings. The molecule has 1 aliphatic rings. The van der Waals surface area contributed by atoms with E-state index in [1.807, 2.05) is 29.7 Å². The van der Waals surface area contributed by atoms with Gasteiger partial charge in [0.25, 0.3) is 5.56 Å². The number of para-hydroxylation sites is 1. The van der Waals surface area contributed by atoms with Gasteiger partial charge in [-0.2, -0.15) is 0 Å². The van der Waals surface area contributed by atoms with Crippen LogP contribution in [0.25, 0.3) is 10.9 Å². The first kappa shape index (κ1) is 17.7. The van der Waals surface area contributed by atoms with Crippen molar-refractivity contribution in [3.8, 4) is 0 Å². The summed E-state index contributed by atoms with van der Waals surface area (Å²) in [5.74, 6) is 1.55. The Hall–Kier alpha value is -2.68. The Morgan fingerprint density at radius 2 is 2.15 bits per heavy atom. The highest BCUT2D eigenvalue weighted by atomic mass is 32.2. The van der Waals surface area contributed by atoms with Crippen LogP contribution in [-0.4, -0.2) is 30.6 Å². The molecular formula is C18H20N6O2S. The fraction of sp³-hybridized carbons (Fsp3) is 0.389. The molecule has 1 atom stereocenters. The number of nitrogens with two attached hydrogens (primary N) is 1. The molecule has 0 saturated heterocycles. The molecule has 1 aromatic carbocycles. The van der Waals surface area contributed by atoms with E-state index < -0.39 is 0 Å². The number of benzene rings is 1. The highest BCUT2D eigenvalue weighted by molar-refractivity contribution is 7.99. The topological polar surface area (TPSA) is 120 Å². The molecule has 8 nitrogen and oxygen atoms in total. The van der Waals surface area contributed by atoms with Crippen molar-refractivity contribution >= 4 is 28.6 Å². The molecule has 1 unspecified atom stereocenters. The van der Waals surface area contributed by atoms with E-state index in [-0.39, 0.29) is 23.1 Å². The van der Waals surface area contributed by atoms with Crippen LogP contribution >= 0.6 is 11.8 Å². The number of amides is 1. The van der Waals surface area contributed by atoms with Gasteiger partial charge in [0, 0.05) is 18.9 Å². The van der Waals surface area contributed by atoms with E-state index in [2.05, 4.69) is 20.2 Å². The summed E-state index contributed by atoms with van der Waals surface area (Å²) >= 11 is 1.46.